The van der Waals surface area contributed by atoms with Gasteiger partial charge in [0.25, 0.3) is 0 Å². The summed E-state index contributed by atoms with van der Waals surface area (Å²) in [6, 6.07) is 0. The molecule has 0 aliphatic heterocycles. The van der Waals surface area contributed by atoms with Crippen molar-refractivity contribution in [1.82, 2.24) is 10.6 Å². The molecule has 1 saturated carbocycles. The van der Waals surface area contributed by atoms with Crippen LogP contribution in [0.1, 0.15) is 12.8 Å². The lowest BCUT2D eigenvalue weighted by Crippen LogP contribution is -2.41. The second kappa shape index (κ2) is 5.89. The van der Waals surface area contributed by atoms with Crippen LogP contribution in [0.25, 0.3) is 0 Å². The second-order valence-corrected chi connectivity index (χ2v) is 5.09. The van der Waals surface area contributed by atoms with E-state index in [1.165, 1.54) is 0 Å². The first-order valence-electron chi connectivity index (χ1n) is 4.36. The van der Waals surface area contributed by atoms with Gasteiger partial charge in [0.15, 0.2) is 5.96 Å². The minimum atomic E-state index is -0.730. The van der Waals surface area contributed by atoms with E-state index in [9.17, 15) is 4.21 Å². The van der Waals surface area contributed by atoms with Gasteiger partial charge in [0.05, 0.1) is 4.75 Å². The van der Waals surface area contributed by atoms with Crippen molar-refractivity contribution in [3.63, 3.8) is 0 Å². The van der Waals surface area contributed by atoms with Crippen LogP contribution in [-0.2, 0) is 10.8 Å². The molecule has 0 radical (unpaired) electrons. The van der Waals surface area contributed by atoms with Gasteiger partial charge in [0, 0.05) is 37.7 Å². The number of rotatable bonds is 3. The van der Waals surface area contributed by atoms with Crippen molar-refractivity contribution in [2.24, 2.45) is 4.99 Å². The van der Waals surface area contributed by atoms with Crippen molar-refractivity contribution in [3.8, 4) is 0 Å². The van der Waals surface area contributed by atoms with Crippen LogP contribution in [0, 0.1) is 0 Å². The topological polar surface area (TPSA) is 53.5 Å². The Kier molecular flexibility index (Phi) is 5.96. The molecule has 0 aromatic heterocycles. The SMILES string of the molecule is CN=C(NC)NCC1(S(C)=O)CC1.I. The third-order valence-corrected chi connectivity index (χ3v) is 4.23. The minimum Gasteiger partial charge on any atom is -0.359 e. The summed E-state index contributed by atoms with van der Waals surface area (Å²) in [5.41, 5.74) is 0. The van der Waals surface area contributed by atoms with Crippen molar-refractivity contribution in [2.45, 2.75) is 17.6 Å². The Hall–Kier alpha value is 0.150. The van der Waals surface area contributed by atoms with Gasteiger partial charge in [-0.2, -0.15) is 0 Å². The number of nitrogens with zero attached hydrogens (tertiary/aromatic N) is 1. The molecule has 0 aromatic rings. The van der Waals surface area contributed by atoms with Gasteiger partial charge in [-0.05, 0) is 12.8 Å². The van der Waals surface area contributed by atoms with E-state index < -0.39 is 10.8 Å². The van der Waals surface area contributed by atoms with E-state index in [1.54, 1.807) is 13.3 Å². The van der Waals surface area contributed by atoms with Crippen LogP contribution in [0.2, 0.25) is 0 Å². The molecule has 1 rings (SSSR count). The standard InChI is InChI=1S/C8H17N3OS.HI/c1-9-7(10-2)11-6-8(4-5-8)13(3)12;/h4-6H2,1-3H3,(H2,9,10,11);1H. The van der Waals surface area contributed by atoms with Crippen molar-refractivity contribution in [1.29, 1.82) is 0 Å². The zero-order valence-corrected chi connectivity index (χ0v) is 11.9. The second-order valence-electron chi connectivity index (χ2n) is 3.31. The predicted molar refractivity (Wildman–Crippen MR) is 71.9 cm³/mol. The number of guanidine groups is 1. The monoisotopic (exact) mass is 331 g/mol. The van der Waals surface area contributed by atoms with Crippen LogP contribution in [0.3, 0.4) is 0 Å². The molecule has 2 N–H and O–H groups in total. The molecule has 1 aliphatic carbocycles. The van der Waals surface area contributed by atoms with E-state index in [2.05, 4.69) is 15.6 Å². The summed E-state index contributed by atoms with van der Waals surface area (Å²) in [7, 11) is 2.81. The maximum atomic E-state index is 11.3. The smallest absolute Gasteiger partial charge is 0.190 e. The summed E-state index contributed by atoms with van der Waals surface area (Å²) in [5.74, 6) is 0.761. The Balaban J connectivity index is 0.00000169. The summed E-state index contributed by atoms with van der Waals surface area (Å²) >= 11 is 0. The Bertz CT molecular complexity index is 241. The summed E-state index contributed by atoms with van der Waals surface area (Å²) in [6.45, 7) is 0.754. The van der Waals surface area contributed by atoms with Crippen molar-refractivity contribution in [2.75, 3.05) is 26.9 Å². The highest BCUT2D eigenvalue weighted by Gasteiger charge is 2.46. The van der Waals surface area contributed by atoms with E-state index in [0.717, 1.165) is 25.3 Å². The molecule has 1 aliphatic rings. The summed E-state index contributed by atoms with van der Waals surface area (Å²) in [5, 5.41) is 6.08. The molecule has 14 heavy (non-hydrogen) atoms. The van der Waals surface area contributed by atoms with Crippen LogP contribution >= 0.6 is 24.0 Å². The Labute approximate surface area is 105 Å². The lowest BCUT2D eigenvalue weighted by molar-refractivity contribution is 0.665. The fraction of sp³-hybridized carbons (Fsp3) is 0.875. The molecule has 1 atom stereocenters. The van der Waals surface area contributed by atoms with Crippen LogP contribution < -0.4 is 10.6 Å². The number of hydrogen-bond acceptors (Lipinski definition) is 2. The average molecular weight is 331 g/mol. The van der Waals surface area contributed by atoms with Crippen molar-refractivity contribution >= 4 is 40.7 Å². The number of aliphatic imine (C=N–C) groups is 1. The molecule has 84 valence electrons. The fourth-order valence-corrected chi connectivity index (χ4v) is 2.18. The molecule has 6 heteroatoms. The molecular weight excluding hydrogens is 313 g/mol. The van der Waals surface area contributed by atoms with Gasteiger partial charge in [-0.15, -0.1) is 24.0 Å². The first-order valence-corrected chi connectivity index (χ1v) is 5.92. The maximum Gasteiger partial charge on any atom is 0.190 e. The average Bonchev–Trinajstić information content (AvgIpc) is 2.87. The molecule has 0 saturated heterocycles. The van der Waals surface area contributed by atoms with Gasteiger partial charge in [0.2, 0.25) is 0 Å². The van der Waals surface area contributed by atoms with Gasteiger partial charge in [-0.25, -0.2) is 0 Å². The molecule has 0 amide bonds. The molecule has 1 fully saturated rings. The molecule has 0 heterocycles. The number of hydrogen-bond donors (Lipinski definition) is 2. The van der Waals surface area contributed by atoms with Crippen LogP contribution in [-0.4, -0.2) is 41.8 Å². The Morgan fingerprint density at radius 1 is 1.57 bits per heavy atom. The van der Waals surface area contributed by atoms with Gasteiger partial charge in [-0.1, -0.05) is 0 Å². The first-order chi connectivity index (χ1) is 6.14. The normalized spacial score (nSPS) is 20.6. The van der Waals surface area contributed by atoms with E-state index in [1.807, 2.05) is 7.05 Å². The van der Waals surface area contributed by atoms with Gasteiger partial charge in [-0.3, -0.25) is 9.20 Å². The minimum absolute atomic E-state index is 0. The van der Waals surface area contributed by atoms with Crippen LogP contribution in [0.5, 0.6) is 0 Å². The molecule has 1 unspecified atom stereocenters. The lowest BCUT2D eigenvalue weighted by atomic mass is 10.4. The van der Waals surface area contributed by atoms with Gasteiger partial charge >= 0.3 is 0 Å². The Morgan fingerprint density at radius 2 is 2.14 bits per heavy atom. The first kappa shape index (κ1) is 14.2. The van der Waals surface area contributed by atoms with Gasteiger partial charge in [0.1, 0.15) is 0 Å². The zero-order chi connectivity index (χ0) is 9.90. The quantitative estimate of drug-likeness (QED) is 0.445. The summed E-state index contributed by atoms with van der Waals surface area (Å²) in [6.07, 6.45) is 3.89. The molecule has 0 bridgehead atoms. The van der Waals surface area contributed by atoms with Crippen molar-refractivity contribution < 1.29 is 4.21 Å². The fourth-order valence-electron chi connectivity index (χ4n) is 1.23. The largest absolute Gasteiger partial charge is 0.359 e. The molecule has 0 aromatic carbocycles. The third kappa shape index (κ3) is 3.38. The van der Waals surface area contributed by atoms with Crippen molar-refractivity contribution in [3.05, 3.63) is 0 Å². The predicted octanol–water partition coefficient (Wildman–Crippen LogP) is 0.310. The lowest BCUT2D eigenvalue weighted by Gasteiger charge is -2.14. The maximum absolute atomic E-state index is 11.3. The van der Waals surface area contributed by atoms with Crippen LogP contribution in [0.15, 0.2) is 4.99 Å². The van der Waals surface area contributed by atoms with E-state index >= 15 is 0 Å². The van der Waals surface area contributed by atoms with Crippen LogP contribution in [0.4, 0.5) is 0 Å². The van der Waals surface area contributed by atoms with Gasteiger partial charge < -0.3 is 10.6 Å². The van der Waals surface area contributed by atoms with E-state index in [0.29, 0.717) is 0 Å². The highest BCUT2D eigenvalue weighted by molar-refractivity contribution is 14.0. The Morgan fingerprint density at radius 3 is 2.43 bits per heavy atom. The summed E-state index contributed by atoms with van der Waals surface area (Å²) in [4.78, 5) is 3.99. The number of halogens is 1. The molecular formula is C8H18IN3OS. The molecule has 4 nitrogen and oxygen atoms in total. The zero-order valence-electron chi connectivity index (χ0n) is 8.79. The summed E-state index contributed by atoms with van der Waals surface area (Å²) < 4.78 is 11.3. The third-order valence-electron chi connectivity index (χ3n) is 2.46. The van der Waals surface area contributed by atoms with E-state index in [4.69, 9.17) is 0 Å². The highest BCUT2D eigenvalue weighted by atomic mass is 127. The highest BCUT2D eigenvalue weighted by Crippen LogP contribution is 2.40. The number of nitrogens with one attached hydrogen (secondary N) is 2. The van der Waals surface area contributed by atoms with E-state index in [-0.39, 0.29) is 28.7 Å². The molecule has 0 spiro atoms.